The highest BCUT2D eigenvalue weighted by atomic mass is 16.5. The van der Waals surface area contributed by atoms with Crippen molar-refractivity contribution in [3.8, 4) is 0 Å². The fourth-order valence-electron chi connectivity index (χ4n) is 2.90. The summed E-state index contributed by atoms with van der Waals surface area (Å²) < 4.78 is 6.57. The van der Waals surface area contributed by atoms with Gasteiger partial charge in [0.15, 0.2) is 5.82 Å². The van der Waals surface area contributed by atoms with Gasteiger partial charge in [-0.25, -0.2) is 0 Å². The van der Waals surface area contributed by atoms with Gasteiger partial charge in [-0.05, 0) is 24.8 Å². The highest BCUT2D eigenvalue weighted by Gasteiger charge is 2.28. The number of aromatic nitrogens is 4. The molecular weight excluding hydrogens is 282 g/mol. The first-order valence-corrected chi connectivity index (χ1v) is 7.45. The molecule has 1 aliphatic carbocycles. The van der Waals surface area contributed by atoms with E-state index >= 15 is 0 Å². The highest BCUT2D eigenvalue weighted by molar-refractivity contribution is 6.02. The molecule has 118 valence electrons. The van der Waals surface area contributed by atoms with Crippen LogP contribution in [0.4, 0.5) is 5.82 Å². The summed E-state index contributed by atoms with van der Waals surface area (Å²) in [5, 5.41) is 14.2. The first-order valence-electron chi connectivity index (χ1n) is 7.45. The number of amides is 1. The molecule has 7 heteroatoms. The number of aryl methyl sites for hydroxylation is 1. The second-order valence-corrected chi connectivity index (χ2v) is 6.01. The third-order valence-corrected chi connectivity index (χ3v) is 4.11. The van der Waals surface area contributed by atoms with E-state index in [-0.39, 0.29) is 5.91 Å². The lowest BCUT2D eigenvalue weighted by Crippen LogP contribution is -2.19. The molecular formula is C15H21N5O2. The van der Waals surface area contributed by atoms with Crippen LogP contribution in [0.2, 0.25) is 0 Å². The number of carbonyl (C=O) groups is 1. The van der Waals surface area contributed by atoms with Crippen molar-refractivity contribution >= 4 is 11.7 Å². The van der Waals surface area contributed by atoms with Gasteiger partial charge < -0.3 is 10.1 Å². The van der Waals surface area contributed by atoms with Crippen LogP contribution in [0.3, 0.4) is 0 Å². The molecule has 1 amide bonds. The predicted molar refractivity (Wildman–Crippen MR) is 81.6 cm³/mol. The van der Waals surface area contributed by atoms with E-state index in [1.807, 2.05) is 6.07 Å². The van der Waals surface area contributed by atoms with Gasteiger partial charge in [-0.15, -0.1) is 0 Å². The maximum Gasteiger partial charge on any atom is 0.275 e. The highest BCUT2D eigenvalue weighted by Crippen LogP contribution is 2.40. The zero-order valence-corrected chi connectivity index (χ0v) is 13.1. The molecule has 2 aromatic heterocycles. The topological polar surface area (TPSA) is 84.8 Å². The number of nitrogens with zero attached hydrogens (tertiary/aromatic N) is 3. The molecule has 7 nitrogen and oxygen atoms in total. The Kier molecular flexibility index (Phi) is 3.98. The van der Waals surface area contributed by atoms with Gasteiger partial charge in [-0.1, -0.05) is 6.92 Å². The summed E-state index contributed by atoms with van der Waals surface area (Å²) in [6.07, 6.45) is 2.36. The van der Waals surface area contributed by atoms with Gasteiger partial charge >= 0.3 is 0 Å². The molecule has 1 aliphatic rings. The Morgan fingerprint density at radius 1 is 1.50 bits per heavy atom. The molecule has 0 bridgehead atoms. The van der Waals surface area contributed by atoms with Crippen LogP contribution in [-0.2, 0) is 18.4 Å². The maximum absolute atomic E-state index is 12.3. The second-order valence-electron chi connectivity index (χ2n) is 6.01. The van der Waals surface area contributed by atoms with E-state index in [1.54, 1.807) is 24.9 Å². The summed E-state index contributed by atoms with van der Waals surface area (Å²) >= 11 is 0. The van der Waals surface area contributed by atoms with Crippen LogP contribution in [0.15, 0.2) is 12.1 Å². The van der Waals surface area contributed by atoms with Crippen LogP contribution in [0.25, 0.3) is 0 Å². The average Bonchev–Trinajstić information content (AvgIpc) is 3.02. The van der Waals surface area contributed by atoms with Crippen LogP contribution in [0.1, 0.15) is 47.6 Å². The number of aromatic amines is 1. The third-order valence-electron chi connectivity index (χ3n) is 4.11. The predicted octanol–water partition coefficient (Wildman–Crippen LogP) is 2.06. The molecule has 3 rings (SSSR count). The Morgan fingerprint density at radius 3 is 2.95 bits per heavy atom. The van der Waals surface area contributed by atoms with Crippen molar-refractivity contribution in [2.24, 2.45) is 13.0 Å². The van der Waals surface area contributed by atoms with E-state index in [4.69, 9.17) is 4.74 Å². The molecule has 22 heavy (non-hydrogen) atoms. The summed E-state index contributed by atoms with van der Waals surface area (Å²) in [7, 11) is 3.33. The molecule has 0 atom stereocenters. The minimum Gasteiger partial charge on any atom is -0.378 e. The molecule has 0 saturated heterocycles. The normalized spacial score (nSPS) is 20.7. The maximum atomic E-state index is 12.3. The minimum absolute atomic E-state index is 0.225. The summed E-state index contributed by atoms with van der Waals surface area (Å²) in [6.45, 7) is 2.63. The van der Waals surface area contributed by atoms with Crippen molar-refractivity contribution in [2.45, 2.75) is 32.3 Å². The van der Waals surface area contributed by atoms with Crippen LogP contribution < -0.4 is 5.32 Å². The van der Waals surface area contributed by atoms with E-state index in [2.05, 4.69) is 27.5 Å². The molecule has 0 spiro atoms. The quantitative estimate of drug-likeness (QED) is 0.885. The molecule has 0 aliphatic heterocycles. The average molecular weight is 303 g/mol. The molecule has 2 aromatic rings. The summed E-state index contributed by atoms with van der Waals surface area (Å²) in [5.41, 5.74) is 2.30. The van der Waals surface area contributed by atoms with Gasteiger partial charge in [0.05, 0.1) is 12.3 Å². The van der Waals surface area contributed by atoms with Gasteiger partial charge in [0.25, 0.3) is 5.91 Å². The van der Waals surface area contributed by atoms with Crippen LogP contribution in [0, 0.1) is 5.92 Å². The largest absolute Gasteiger partial charge is 0.378 e. The summed E-state index contributed by atoms with van der Waals surface area (Å²) in [5.74, 6) is 1.64. The van der Waals surface area contributed by atoms with Gasteiger partial charge in [0, 0.05) is 31.8 Å². The van der Waals surface area contributed by atoms with E-state index in [0.717, 1.165) is 17.3 Å². The number of hydrogen-bond donors (Lipinski definition) is 2. The summed E-state index contributed by atoms with van der Waals surface area (Å²) in [6, 6.07) is 3.64. The fourth-order valence-corrected chi connectivity index (χ4v) is 2.90. The van der Waals surface area contributed by atoms with Gasteiger partial charge in [-0.2, -0.15) is 10.2 Å². The fraction of sp³-hybridized carbons (Fsp3) is 0.533. The second kappa shape index (κ2) is 5.92. The molecule has 0 aromatic carbocycles. The zero-order valence-electron chi connectivity index (χ0n) is 13.1. The van der Waals surface area contributed by atoms with E-state index in [0.29, 0.717) is 24.0 Å². The van der Waals surface area contributed by atoms with Gasteiger partial charge in [-0.3, -0.25) is 14.6 Å². The lowest BCUT2D eigenvalue weighted by molar-refractivity contribution is 0.101. The summed E-state index contributed by atoms with van der Waals surface area (Å²) in [4.78, 5) is 12.3. The van der Waals surface area contributed by atoms with Crippen LogP contribution in [0.5, 0.6) is 0 Å². The monoisotopic (exact) mass is 303 g/mol. The molecule has 1 saturated carbocycles. The minimum atomic E-state index is -0.225. The van der Waals surface area contributed by atoms with Crippen LogP contribution >= 0.6 is 0 Å². The third kappa shape index (κ3) is 2.89. The molecule has 2 N–H and O–H groups in total. The Bertz CT molecular complexity index is 669. The van der Waals surface area contributed by atoms with Crippen LogP contribution in [-0.4, -0.2) is 33.0 Å². The number of rotatable bonds is 5. The van der Waals surface area contributed by atoms with Gasteiger partial charge in [0.1, 0.15) is 5.69 Å². The number of hydrogen-bond acceptors (Lipinski definition) is 4. The lowest BCUT2D eigenvalue weighted by atomic mass is 9.74. The molecule has 1 fully saturated rings. The molecule has 0 radical (unpaired) electrons. The standard InChI is InChI=1S/C15H21N5O2/c1-9-4-10(5-9)12-7-14(18-17-12)16-15(21)13-6-11(8-22-3)19-20(13)2/h6-7,9-10H,4-5,8H2,1-3H3,(H2,16,17,18,21). The number of carbonyl (C=O) groups excluding carboxylic acids is 1. The first-order chi connectivity index (χ1) is 10.6. The number of H-pyrrole nitrogens is 1. The zero-order chi connectivity index (χ0) is 15.7. The first kappa shape index (κ1) is 14.8. The number of nitrogens with one attached hydrogen (secondary N) is 2. The van der Waals surface area contributed by atoms with E-state index in [9.17, 15) is 4.79 Å². The van der Waals surface area contributed by atoms with Gasteiger partial charge in [0.2, 0.25) is 0 Å². The SMILES string of the molecule is COCc1cc(C(=O)Nc2cc(C3CC(C)C3)[nH]n2)n(C)n1. The smallest absolute Gasteiger partial charge is 0.275 e. The van der Waals surface area contributed by atoms with Crippen molar-refractivity contribution in [1.29, 1.82) is 0 Å². The van der Waals surface area contributed by atoms with Crippen molar-refractivity contribution in [1.82, 2.24) is 20.0 Å². The number of anilines is 1. The van der Waals surface area contributed by atoms with Crippen molar-refractivity contribution in [2.75, 3.05) is 12.4 Å². The Labute approximate surface area is 129 Å². The number of methoxy groups -OCH3 is 1. The Hall–Kier alpha value is -2.15. The van der Waals surface area contributed by atoms with Crippen molar-refractivity contribution in [3.63, 3.8) is 0 Å². The number of ether oxygens (including phenoxy) is 1. The lowest BCUT2D eigenvalue weighted by Gasteiger charge is -2.31. The van der Waals surface area contributed by atoms with E-state index < -0.39 is 0 Å². The Balaban J connectivity index is 1.66. The van der Waals surface area contributed by atoms with Crippen molar-refractivity contribution < 1.29 is 9.53 Å². The Morgan fingerprint density at radius 2 is 2.27 bits per heavy atom. The van der Waals surface area contributed by atoms with Crippen molar-refractivity contribution in [3.05, 3.63) is 29.2 Å². The molecule has 2 heterocycles. The molecule has 0 unspecified atom stereocenters. The van der Waals surface area contributed by atoms with E-state index in [1.165, 1.54) is 12.8 Å².